The van der Waals surface area contributed by atoms with Gasteiger partial charge in [0.15, 0.2) is 5.82 Å². The first kappa shape index (κ1) is 19.0. The van der Waals surface area contributed by atoms with Crippen LogP contribution in [0.4, 0.5) is 17.6 Å². The maximum atomic E-state index is 5.45. The van der Waals surface area contributed by atoms with Crippen LogP contribution in [0.15, 0.2) is 30.7 Å². The van der Waals surface area contributed by atoms with Gasteiger partial charge in [-0.05, 0) is 31.9 Å². The second-order valence-corrected chi connectivity index (χ2v) is 8.01. The summed E-state index contributed by atoms with van der Waals surface area (Å²) in [5.74, 6) is 2.81. The van der Waals surface area contributed by atoms with E-state index >= 15 is 0 Å². The van der Waals surface area contributed by atoms with Gasteiger partial charge in [-0.3, -0.25) is 0 Å². The molecule has 30 heavy (non-hydrogen) atoms. The van der Waals surface area contributed by atoms with Gasteiger partial charge >= 0.3 is 0 Å². The molecule has 3 aromatic rings. The molecule has 2 aliphatic heterocycles. The molecule has 0 radical (unpaired) electrons. The Labute approximate surface area is 176 Å². The maximum absolute atomic E-state index is 5.45. The Hall–Kier alpha value is -2.94. The minimum atomic E-state index is 0.445. The lowest BCUT2D eigenvalue weighted by Crippen LogP contribution is -2.44. The van der Waals surface area contributed by atoms with Gasteiger partial charge in [0.25, 0.3) is 0 Å². The molecule has 0 atom stereocenters. The van der Waals surface area contributed by atoms with E-state index in [0.717, 1.165) is 81.0 Å². The van der Waals surface area contributed by atoms with E-state index in [2.05, 4.69) is 42.9 Å². The van der Waals surface area contributed by atoms with Crippen LogP contribution in [0.2, 0.25) is 0 Å². The third-order valence-corrected chi connectivity index (χ3v) is 6.09. The van der Waals surface area contributed by atoms with Crippen molar-refractivity contribution in [2.24, 2.45) is 0 Å². The number of hydrogen-bond acceptors (Lipinski definition) is 8. The summed E-state index contributed by atoms with van der Waals surface area (Å²) in [5.41, 5.74) is 2.09. The van der Waals surface area contributed by atoms with Gasteiger partial charge in [-0.2, -0.15) is 10.1 Å². The molecule has 0 aromatic carbocycles. The summed E-state index contributed by atoms with van der Waals surface area (Å²) in [6, 6.07) is 4.56. The first-order valence-electron chi connectivity index (χ1n) is 10.6. The van der Waals surface area contributed by atoms with Crippen LogP contribution in [0.3, 0.4) is 0 Å². The molecule has 0 unspecified atom stereocenters. The second-order valence-electron chi connectivity index (χ2n) is 8.01. The van der Waals surface area contributed by atoms with Crippen LogP contribution in [-0.4, -0.2) is 77.0 Å². The van der Waals surface area contributed by atoms with Crippen LogP contribution in [-0.2, 0) is 4.74 Å². The largest absolute Gasteiger partial charge is 0.378 e. The molecular weight excluding hydrogens is 380 g/mol. The Morgan fingerprint density at radius 1 is 1.03 bits per heavy atom. The lowest BCUT2D eigenvalue weighted by atomic mass is 10.0. The van der Waals surface area contributed by atoms with Crippen molar-refractivity contribution >= 4 is 23.1 Å². The average Bonchev–Trinajstić information content (AvgIpc) is 3.19. The Kier molecular flexibility index (Phi) is 5.12. The van der Waals surface area contributed by atoms with Crippen molar-refractivity contribution in [3.63, 3.8) is 0 Å². The number of morpholine rings is 1. The third kappa shape index (κ3) is 3.65. The van der Waals surface area contributed by atoms with Crippen molar-refractivity contribution in [2.75, 3.05) is 61.1 Å². The molecule has 5 heterocycles. The van der Waals surface area contributed by atoms with Crippen molar-refractivity contribution < 1.29 is 4.74 Å². The van der Waals surface area contributed by atoms with E-state index < -0.39 is 0 Å². The van der Waals surface area contributed by atoms with E-state index in [9.17, 15) is 0 Å². The van der Waals surface area contributed by atoms with Gasteiger partial charge in [-0.25, -0.2) is 14.5 Å². The fourth-order valence-electron chi connectivity index (χ4n) is 4.38. The van der Waals surface area contributed by atoms with Crippen molar-refractivity contribution in [3.8, 4) is 0 Å². The molecule has 2 aliphatic rings. The standard InChI is InChI=1S/C21H28N8O/c1-16-15-18-20(22-7-10-29(18)25-16)27-8-4-17(5-9-27)26(2)19-3-6-23-21(24-19)28-11-13-30-14-12-28/h3,6-7,10,15,17H,4-5,8-9,11-14H2,1-2H3. The quantitative estimate of drug-likeness (QED) is 0.647. The van der Waals surface area contributed by atoms with Crippen molar-refractivity contribution in [2.45, 2.75) is 25.8 Å². The Morgan fingerprint density at radius 3 is 2.63 bits per heavy atom. The molecule has 0 bridgehead atoms. The summed E-state index contributed by atoms with van der Waals surface area (Å²) in [7, 11) is 2.14. The van der Waals surface area contributed by atoms with Crippen LogP contribution in [0.5, 0.6) is 0 Å². The van der Waals surface area contributed by atoms with E-state index in [4.69, 9.17) is 9.72 Å². The lowest BCUT2D eigenvalue weighted by molar-refractivity contribution is 0.122. The molecule has 3 aromatic heterocycles. The first-order valence-corrected chi connectivity index (χ1v) is 10.6. The Morgan fingerprint density at radius 2 is 1.83 bits per heavy atom. The molecule has 2 fully saturated rings. The summed E-state index contributed by atoms with van der Waals surface area (Å²) in [6.45, 7) is 7.11. The van der Waals surface area contributed by atoms with Gasteiger partial charge in [0.1, 0.15) is 11.3 Å². The fraction of sp³-hybridized carbons (Fsp3) is 0.524. The molecule has 9 heteroatoms. The van der Waals surface area contributed by atoms with Gasteiger partial charge in [0.05, 0.1) is 18.9 Å². The monoisotopic (exact) mass is 408 g/mol. The normalized spacial score (nSPS) is 18.2. The number of hydrogen-bond donors (Lipinski definition) is 0. The van der Waals surface area contributed by atoms with E-state index in [1.165, 1.54) is 0 Å². The molecule has 0 spiro atoms. The van der Waals surface area contributed by atoms with Crippen LogP contribution in [0.1, 0.15) is 18.5 Å². The van der Waals surface area contributed by atoms with Gasteiger partial charge in [0, 0.05) is 57.9 Å². The number of aromatic nitrogens is 5. The molecule has 0 saturated carbocycles. The first-order chi connectivity index (χ1) is 14.7. The second kappa shape index (κ2) is 8.06. The molecule has 0 aliphatic carbocycles. The van der Waals surface area contributed by atoms with Crippen LogP contribution in [0, 0.1) is 6.92 Å². The van der Waals surface area contributed by atoms with E-state index in [1.54, 1.807) is 0 Å². The SMILES string of the molecule is Cc1cc2c(N3CCC(N(C)c4ccnc(N5CCOCC5)n4)CC3)nccn2n1. The average molecular weight is 409 g/mol. The predicted molar refractivity (Wildman–Crippen MR) is 116 cm³/mol. The van der Waals surface area contributed by atoms with Crippen LogP contribution in [0.25, 0.3) is 5.52 Å². The van der Waals surface area contributed by atoms with Crippen LogP contribution < -0.4 is 14.7 Å². The highest BCUT2D eigenvalue weighted by Crippen LogP contribution is 2.27. The van der Waals surface area contributed by atoms with Crippen molar-refractivity contribution in [1.29, 1.82) is 0 Å². The summed E-state index contributed by atoms with van der Waals surface area (Å²) in [5, 5.41) is 4.51. The molecule has 2 saturated heterocycles. The number of rotatable bonds is 4. The fourth-order valence-corrected chi connectivity index (χ4v) is 4.38. The Balaban J connectivity index is 1.27. The minimum absolute atomic E-state index is 0.445. The number of ether oxygens (including phenoxy) is 1. The zero-order valence-electron chi connectivity index (χ0n) is 17.6. The van der Waals surface area contributed by atoms with Gasteiger partial charge in [-0.15, -0.1) is 0 Å². The number of aryl methyl sites for hydroxylation is 1. The number of anilines is 3. The summed E-state index contributed by atoms with van der Waals surface area (Å²) in [6.07, 6.45) is 7.73. The highest BCUT2D eigenvalue weighted by Gasteiger charge is 2.26. The van der Waals surface area contributed by atoms with Gasteiger partial charge < -0.3 is 19.4 Å². The van der Waals surface area contributed by atoms with E-state index in [0.29, 0.717) is 6.04 Å². The van der Waals surface area contributed by atoms with E-state index in [-0.39, 0.29) is 0 Å². The topological polar surface area (TPSA) is 74.9 Å². The smallest absolute Gasteiger partial charge is 0.227 e. The third-order valence-electron chi connectivity index (χ3n) is 6.09. The molecule has 9 nitrogen and oxygen atoms in total. The van der Waals surface area contributed by atoms with Gasteiger partial charge in [-0.1, -0.05) is 0 Å². The maximum Gasteiger partial charge on any atom is 0.227 e. The molecule has 5 rings (SSSR count). The summed E-state index contributed by atoms with van der Waals surface area (Å²) < 4.78 is 7.37. The molecule has 0 amide bonds. The van der Waals surface area contributed by atoms with Crippen molar-refractivity contribution in [1.82, 2.24) is 24.6 Å². The van der Waals surface area contributed by atoms with Crippen LogP contribution >= 0.6 is 0 Å². The highest BCUT2D eigenvalue weighted by molar-refractivity contribution is 5.69. The number of nitrogens with zero attached hydrogens (tertiary/aromatic N) is 8. The molecular formula is C21H28N8O. The zero-order chi connectivity index (χ0) is 20.5. The van der Waals surface area contributed by atoms with Gasteiger partial charge in [0.2, 0.25) is 5.95 Å². The summed E-state index contributed by atoms with van der Waals surface area (Å²) in [4.78, 5) is 20.8. The zero-order valence-corrected chi connectivity index (χ0v) is 17.6. The number of piperidine rings is 1. The van der Waals surface area contributed by atoms with E-state index in [1.807, 2.05) is 36.1 Å². The number of fused-ring (bicyclic) bond motifs is 1. The molecule has 158 valence electrons. The predicted octanol–water partition coefficient (Wildman–Crippen LogP) is 1.77. The summed E-state index contributed by atoms with van der Waals surface area (Å²) >= 11 is 0. The van der Waals surface area contributed by atoms with Crippen molar-refractivity contribution in [3.05, 3.63) is 36.4 Å². The minimum Gasteiger partial charge on any atom is -0.378 e. The molecule has 0 N–H and O–H groups in total. The highest BCUT2D eigenvalue weighted by atomic mass is 16.5. The Bertz CT molecular complexity index is 1010. The lowest BCUT2D eigenvalue weighted by Gasteiger charge is -2.38.